The van der Waals surface area contributed by atoms with Crippen molar-refractivity contribution in [3.05, 3.63) is 62.0 Å². The second kappa shape index (κ2) is 8.08. The Balaban J connectivity index is 1.79. The molecule has 0 spiro atoms. The molecule has 0 saturated carbocycles. The molecule has 0 aliphatic carbocycles. The van der Waals surface area contributed by atoms with Crippen LogP contribution in [0.25, 0.3) is 10.2 Å². The number of aromatic amines is 1. The number of carbonyl (C=O) groups excluding carboxylic acids is 1. The number of quaternary nitrogens is 1. The van der Waals surface area contributed by atoms with Gasteiger partial charge >= 0.3 is 5.97 Å². The smallest absolute Gasteiger partial charge is 0.348 e. The lowest BCUT2D eigenvalue weighted by molar-refractivity contribution is -0.908. The van der Waals surface area contributed by atoms with E-state index in [-0.39, 0.29) is 11.0 Å². The minimum absolute atomic E-state index is 0.137. The molecule has 6 nitrogen and oxygen atoms in total. The Morgan fingerprint density at radius 3 is 2.45 bits per heavy atom. The first kappa shape index (κ1) is 21.2. The van der Waals surface area contributed by atoms with Gasteiger partial charge in [0.15, 0.2) is 5.82 Å². The van der Waals surface area contributed by atoms with Crippen LogP contribution >= 0.6 is 11.3 Å². The van der Waals surface area contributed by atoms with Crippen molar-refractivity contribution in [3.8, 4) is 0 Å². The summed E-state index contributed by atoms with van der Waals surface area (Å²) in [6, 6.07) is 8.68. The maximum Gasteiger partial charge on any atom is 0.348 e. The fourth-order valence-electron chi connectivity index (χ4n) is 3.38. The predicted octanol–water partition coefficient (Wildman–Crippen LogP) is 2.59. The molecule has 2 heterocycles. The maximum atomic E-state index is 12.6. The van der Waals surface area contributed by atoms with E-state index in [1.54, 1.807) is 6.92 Å². The second-order valence-corrected chi connectivity index (χ2v) is 9.50. The Bertz CT molecular complexity index is 1090. The zero-order valence-electron chi connectivity index (χ0n) is 17.8. The zero-order chi connectivity index (χ0) is 21.3. The Morgan fingerprint density at radius 1 is 1.21 bits per heavy atom. The monoisotopic (exact) mass is 414 g/mol. The van der Waals surface area contributed by atoms with E-state index < -0.39 is 5.97 Å². The van der Waals surface area contributed by atoms with Gasteiger partial charge in [-0.3, -0.25) is 4.79 Å². The lowest BCUT2D eigenvalue weighted by Crippen LogP contribution is -3.06. The van der Waals surface area contributed by atoms with Crippen molar-refractivity contribution < 1.29 is 14.4 Å². The van der Waals surface area contributed by atoms with Crippen LogP contribution in [0.2, 0.25) is 0 Å². The Hall–Kier alpha value is -2.51. The zero-order valence-corrected chi connectivity index (χ0v) is 18.6. The van der Waals surface area contributed by atoms with Crippen molar-refractivity contribution in [1.29, 1.82) is 0 Å². The summed E-state index contributed by atoms with van der Waals surface area (Å²) in [6.45, 7) is 9.76. The summed E-state index contributed by atoms with van der Waals surface area (Å²) < 4.78 is 4.80. The van der Waals surface area contributed by atoms with E-state index in [9.17, 15) is 9.59 Å². The van der Waals surface area contributed by atoms with Crippen LogP contribution in [0.3, 0.4) is 0 Å². The number of aryl methyl sites for hydroxylation is 1. The van der Waals surface area contributed by atoms with Crippen LogP contribution in [0, 0.1) is 6.92 Å². The van der Waals surface area contributed by atoms with Crippen molar-refractivity contribution in [1.82, 2.24) is 9.97 Å². The lowest BCUT2D eigenvalue weighted by atomic mass is 9.87. The predicted molar refractivity (Wildman–Crippen MR) is 116 cm³/mol. The van der Waals surface area contributed by atoms with Crippen LogP contribution in [0.5, 0.6) is 0 Å². The molecule has 1 aromatic carbocycles. The Kier molecular flexibility index (Phi) is 5.91. The van der Waals surface area contributed by atoms with Gasteiger partial charge < -0.3 is 14.6 Å². The number of hydrogen-bond donors (Lipinski definition) is 2. The highest BCUT2D eigenvalue weighted by molar-refractivity contribution is 7.20. The summed E-state index contributed by atoms with van der Waals surface area (Å²) in [4.78, 5) is 34.2. The summed E-state index contributed by atoms with van der Waals surface area (Å²) in [5, 5.41) is 0.467. The number of ether oxygens (including phenoxy) is 1. The van der Waals surface area contributed by atoms with Gasteiger partial charge in [0.25, 0.3) is 5.56 Å². The highest BCUT2D eigenvalue weighted by atomic mass is 32.1. The molecule has 2 aromatic heterocycles. The van der Waals surface area contributed by atoms with Gasteiger partial charge in [0.2, 0.25) is 0 Å². The van der Waals surface area contributed by atoms with Crippen molar-refractivity contribution in [2.24, 2.45) is 0 Å². The van der Waals surface area contributed by atoms with Crippen molar-refractivity contribution in [2.45, 2.75) is 46.2 Å². The summed E-state index contributed by atoms with van der Waals surface area (Å²) in [7, 11) is 3.41. The van der Waals surface area contributed by atoms with Gasteiger partial charge in [0.1, 0.15) is 22.8 Å². The number of nitrogens with zero attached hydrogens (tertiary/aromatic N) is 1. The minimum Gasteiger partial charge on any atom is -0.465 e. The normalized spacial score (nSPS) is 12.9. The number of fused-ring (bicyclic) bond motifs is 1. The van der Waals surface area contributed by atoms with Gasteiger partial charge in [0.05, 0.1) is 19.5 Å². The third-order valence-corrected chi connectivity index (χ3v) is 6.18. The first-order chi connectivity index (χ1) is 13.6. The molecule has 0 radical (unpaired) electrons. The number of thiophene rings is 1. The van der Waals surface area contributed by atoms with Crippen molar-refractivity contribution in [2.75, 3.05) is 14.2 Å². The molecule has 154 valence electrons. The van der Waals surface area contributed by atoms with Crippen LogP contribution < -0.4 is 10.5 Å². The fraction of sp³-hybridized carbons (Fsp3) is 0.409. The molecule has 0 fully saturated rings. The number of aromatic nitrogens is 2. The SMILES string of the molecule is COC(=O)c1sc2nc(C[NH+](C)Cc3ccc(C(C)(C)C)cc3)[nH]c(=O)c2c1C. The van der Waals surface area contributed by atoms with Crippen LogP contribution in [-0.4, -0.2) is 30.1 Å². The fourth-order valence-corrected chi connectivity index (χ4v) is 4.50. The van der Waals surface area contributed by atoms with Crippen LogP contribution in [-0.2, 0) is 23.2 Å². The largest absolute Gasteiger partial charge is 0.465 e. The van der Waals surface area contributed by atoms with E-state index in [1.807, 2.05) is 0 Å². The number of hydrogen-bond acceptors (Lipinski definition) is 5. The standard InChI is InChI=1S/C22H27N3O3S/c1-13-17-19(26)23-16(24-20(17)29-18(13)21(27)28-6)12-25(5)11-14-7-9-15(10-8-14)22(2,3)4/h7-10H,11-12H2,1-6H3,(H,23,24,26)/p+1. The van der Waals surface area contributed by atoms with E-state index in [0.717, 1.165) is 6.54 Å². The summed E-state index contributed by atoms with van der Waals surface area (Å²) >= 11 is 1.20. The lowest BCUT2D eigenvalue weighted by Gasteiger charge is -2.19. The van der Waals surface area contributed by atoms with E-state index in [4.69, 9.17) is 4.74 Å². The van der Waals surface area contributed by atoms with E-state index in [1.165, 1.54) is 34.5 Å². The molecule has 7 heteroatoms. The first-order valence-corrected chi connectivity index (χ1v) is 10.4. The average Bonchev–Trinajstić information content (AvgIpc) is 2.97. The minimum atomic E-state index is -0.437. The van der Waals surface area contributed by atoms with Gasteiger partial charge in [-0.1, -0.05) is 45.0 Å². The van der Waals surface area contributed by atoms with Gasteiger partial charge in [-0.15, -0.1) is 11.3 Å². The highest BCUT2D eigenvalue weighted by Crippen LogP contribution is 2.27. The van der Waals surface area contributed by atoms with Crippen LogP contribution in [0.4, 0.5) is 0 Å². The average molecular weight is 415 g/mol. The number of rotatable bonds is 5. The molecular weight excluding hydrogens is 386 g/mol. The van der Waals surface area contributed by atoms with Gasteiger partial charge in [0, 0.05) is 5.56 Å². The molecule has 0 aliphatic heterocycles. The molecule has 3 aromatic rings. The molecule has 29 heavy (non-hydrogen) atoms. The van der Waals surface area contributed by atoms with Crippen molar-refractivity contribution >= 4 is 27.5 Å². The van der Waals surface area contributed by atoms with Crippen LogP contribution in [0.1, 0.15) is 53.0 Å². The number of benzene rings is 1. The number of methoxy groups -OCH3 is 1. The summed E-state index contributed by atoms with van der Waals surface area (Å²) in [5.41, 5.74) is 3.09. The molecule has 1 atom stereocenters. The molecule has 0 saturated heterocycles. The van der Waals surface area contributed by atoms with E-state index >= 15 is 0 Å². The maximum absolute atomic E-state index is 12.6. The first-order valence-electron chi connectivity index (χ1n) is 9.61. The van der Waals surface area contributed by atoms with E-state index in [0.29, 0.717) is 33.0 Å². The number of carbonyl (C=O) groups is 1. The third-order valence-electron chi connectivity index (χ3n) is 5.02. The molecule has 3 rings (SSSR count). The third kappa shape index (κ3) is 4.57. The van der Waals surface area contributed by atoms with Crippen molar-refractivity contribution in [3.63, 3.8) is 0 Å². The molecular formula is C22H28N3O3S+. The number of esters is 1. The molecule has 1 unspecified atom stereocenters. The van der Waals surface area contributed by atoms with Crippen LogP contribution in [0.15, 0.2) is 29.1 Å². The molecule has 2 N–H and O–H groups in total. The Morgan fingerprint density at radius 2 is 1.86 bits per heavy atom. The summed E-state index contributed by atoms with van der Waals surface area (Å²) in [5.74, 6) is 0.178. The summed E-state index contributed by atoms with van der Waals surface area (Å²) in [6.07, 6.45) is 0. The molecule has 0 bridgehead atoms. The quantitative estimate of drug-likeness (QED) is 0.629. The van der Waals surface area contributed by atoms with Gasteiger partial charge in [-0.25, -0.2) is 9.78 Å². The van der Waals surface area contributed by atoms with Gasteiger partial charge in [-0.05, 0) is 23.5 Å². The second-order valence-electron chi connectivity index (χ2n) is 8.50. The molecule has 0 aliphatic rings. The molecule has 0 amide bonds. The number of H-pyrrole nitrogens is 1. The van der Waals surface area contributed by atoms with Gasteiger partial charge in [-0.2, -0.15) is 0 Å². The Labute approximate surface area is 174 Å². The topological polar surface area (TPSA) is 76.5 Å². The number of nitrogens with one attached hydrogen (secondary N) is 2. The van der Waals surface area contributed by atoms with E-state index in [2.05, 4.69) is 62.1 Å². The highest BCUT2D eigenvalue weighted by Gasteiger charge is 2.20.